The van der Waals surface area contributed by atoms with Crippen molar-refractivity contribution in [1.82, 2.24) is 19.5 Å². The van der Waals surface area contributed by atoms with E-state index >= 15 is 0 Å². The molecule has 4 nitrogen and oxygen atoms in total. The second-order valence-electron chi connectivity index (χ2n) is 8.68. The Kier molecular flexibility index (Phi) is 5.47. The Balaban J connectivity index is 1.59. The molecule has 0 spiro atoms. The van der Waals surface area contributed by atoms with Crippen LogP contribution in [0.4, 0.5) is 0 Å². The molecule has 0 aliphatic heterocycles. The lowest BCUT2D eigenvalue weighted by molar-refractivity contribution is 1.03. The molecule has 172 valence electrons. The van der Waals surface area contributed by atoms with Crippen LogP contribution in [0.25, 0.3) is 55.8 Å². The lowest BCUT2D eigenvalue weighted by Crippen LogP contribution is -2.02. The van der Waals surface area contributed by atoms with E-state index in [0.717, 1.165) is 33.3 Å². The van der Waals surface area contributed by atoms with Gasteiger partial charge in [0.05, 0.1) is 11.0 Å². The van der Waals surface area contributed by atoms with Gasteiger partial charge in [-0.25, -0.2) is 15.0 Å². The molecule has 0 saturated heterocycles. The van der Waals surface area contributed by atoms with Gasteiger partial charge >= 0.3 is 0 Å². The Bertz CT molecular complexity index is 1750. The molecule has 4 heteroatoms. The quantitative estimate of drug-likeness (QED) is 0.244. The summed E-state index contributed by atoms with van der Waals surface area (Å²) in [6.07, 6.45) is 3.68. The summed E-state index contributed by atoms with van der Waals surface area (Å²) in [4.78, 5) is 14.5. The van der Waals surface area contributed by atoms with Gasteiger partial charge in [-0.1, -0.05) is 85.5 Å². The molecular weight excluding hydrogens is 440 g/mol. The smallest absolute Gasteiger partial charge is 0.164 e. The number of aromatic nitrogens is 4. The summed E-state index contributed by atoms with van der Waals surface area (Å²) in [5.41, 5.74) is 6.29. The predicted octanol–water partition coefficient (Wildman–Crippen LogP) is 7.89. The standard InChI is InChI=1S/C32H24N4/c1-3-12-22(2)30-33-31(23-13-6-4-7-14-23)35-32(34-30)24-19-20-29-27(21-24)26-17-10-11-18-28(26)36(29)25-15-8-5-9-16-25/h3-21H,1H2,2H3/b22-12+. The summed E-state index contributed by atoms with van der Waals surface area (Å²) in [5.74, 6) is 1.94. The molecule has 0 N–H and O–H groups in total. The molecule has 2 aromatic heterocycles. The van der Waals surface area contributed by atoms with Crippen LogP contribution in [0.15, 0.2) is 122 Å². The average Bonchev–Trinajstić information content (AvgIpc) is 3.27. The summed E-state index contributed by atoms with van der Waals surface area (Å²) >= 11 is 0. The molecule has 6 aromatic rings. The van der Waals surface area contributed by atoms with E-state index in [1.54, 1.807) is 6.08 Å². The van der Waals surface area contributed by atoms with Crippen molar-refractivity contribution in [2.45, 2.75) is 6.92 Å². The molecule has 6 rings (SSSR count). The van der Waals surface area contributed by atoms with Gasteiger partial charge in [0.1, 0.15) is 0 Å². The molecule has 0 aliphatic carbocycles. The molecule has 0 unspecified atom stereocenters. The van der Waals surface area contributed by atoms with E-state index < -0.39 is 0 Å². The normalized spacial score (nSPS) is 11.8. The summed E-state index contributed by atoms with van der Waals surface area (Å²) in [6.45, 7) is 5.82. The number of hydrogen-bond acceptors (Lipinski definition) is 3. The van der Waals surface area contributed by atoms with E-state index in [9.17, 15) is 0 Å². The zero-order chi connectivity index (χ0) is 24.5. The van der Waals surface area contributed by atoms with Crippen LogP contribution in [0.2, 0.25) is 0 Å². The highest BCUT2D eigenvalue weighted by Gasteiger charge is 2.16. The Morgan fingerprint density at radius 3 is 2.06 bits per heavy atom. The highest BCUT2D eigenvalue weighted by atomic mass is 15.0. The fourth-order valence-corrected chi connectivity index (χ4v) is 4.62. The maximum atomic E-state index is 4.89. The Hall–Kier alpha value is -4.83. The molecule has 0 fully saturated rings. The summed E-state index contributed by atoms with van der Waals surface area (Å²) in [6, 6.07) is 35.4. The summed E-state index contributed by atoms with van der Waals surface area (Å²) in [7, 11) is 0. The van der Waals surface area contributed by atoms with Crippen LogP contribution >= 0.6 is 0 Å². The zero-order valence-electron chi connectivity index (χ0n) is 20.0. The van der Waals surface area contributed by atoms with E-state index in [1.165, 1.54) is 10.9 Å². The van der Waals surface area contributed by atoms with E-state index in [4.69, 9.17) is 15.0 Å². The number of rotatable bonds is 5. The van der Waals surface area contributed by atoms with Gasteiger partial charge in [0.25, 0.3) is 0 Å². The van der Waals surface area contributed by atoms with E-state index in [-0.39, 0.29) is 0 Å². The van der Waals surface area contributed by atoms with Gasteiger partial charge in [-0.3, -0.25) is 0 Å². The minimum absolute atomic E-state index is 0.644. The molecule has 36 heavy (non-hydrogen) atoms. The van der Waals surface area contributed by atoms with Crippen LogP contribution < -0.4 is 0 Å². The van der Waals surface area contributed by atoms with Crippen LogP contribution in [0.3, 0.4) is 0 Å². The largest absolute Gasteiger partial charge is 0.309 e. The number of nitrogens with zero attached hydrogens (tertiary/aromatic N) is 4. The molecular formula is C32H24N4. The Morgan fingerprint density at radius 1 is 0.667 bits per heavy atom. The van der Waals surface area contributed by atoms with Crippen molar-refractivity contribution in [1.29, 1.82) is 0 Å². The van der Waals surface area contributed by atoms with E-state index in [1.807, 2.05) is 49.4 Å². The lowest BCUT2D eigenvalue weighted by atomic mass is 10.1. The highest BCUT2D eigenvalue weighted by Crippen LogP contribution is 2.34. The molecule has 0 radical (unpaired) electrons. The maximum absolute atomic E-state index is 4.89. The molecule has 2 heterocycles. The number of fused-ring (bicyclic) bond motifs is 3. The van der Waals surface area contributed by atoms with Crippen molar-refractivity contribution in [2.24, 2.45) is 0 Å². The van der Waals surface area contributed by atoms with Crippen molar-refractivity contribution in [2.75, 3.05) is 0 Å². The lowest BCUT2D eigenvalue weighted by Gasteiger charge is -2.09. The predicted molar refractivity (Wildman–Crippen MR) is 149 cm³/mol. The van der Waals surface area contributed by atoms with Gasteiger partial charge < -0.3 is 4.57 Å². The first kappa shape index (κ1) is 21.7. The van der Waals surface area contributed by atoms with E-state index in [2.05, 4.69) is 77.9 Å². The summed E-state index contributed by atoms with van der Waals surface area (Å²) < 4.78 is 2.31. The first-order chi connectivity index (χ1) is 17.7. The van der Waals surface area contributed by atoms with Crippen LogP contribution in [0.5, 0.6) is 0 Å². The summed E-state index contributed by atoms with van der Waals surface area (Å²) in [5, 5.41) is 2.35. The van der Waals surface area contributed by atoms with Crippen LogP contribution in [0, 0.1) is 0 Å². The second-order valence-corrected chi connectivity index (χ2v) is 8.68. The first-order valence-corrected chi connectivity index (χ1v) is 11.9. The third-order valence-corrected chi connectivity index (χ3v) is 6.33. The van der Waals surface area contributed by atoms with Gasteiger partial charge in [-0.2, -0.15) is 0 Å². The molecule has 4 aromatic carbocycles. The van der Waals surface area contributed by atoms with Gasteiger partial charge in [-0.15, -0.1) is 0 Å². The van der Waals surface area contributed by atoms with Crippen molar-refractivity contribution in [3.8, 4) is 28.5 Å². The second kappa shape index (κ2) is 9.08. The average molecular weight is 465 g/mol. The molecule has 0 atom stereocenters. The maximum Gasteiger partial charge on any atom is 0.164 e. The number of hydrogen-bond donors (Lipinski definition) is 0. The number of benzene rings is 4. The zero-order valence-corrected chi connectivity index (χ0v) is 20.0. The molecule has 0 amide bonds. The van der Waals surface area contributed by atoms with Crippen LogP contribution in [-0.4, -0.2) is 19.5 Å². The molecule has 0 saturated carbocycles. The fourth-order valence-electron chi connectivity index (χ4n) is 4.62. The monoisotopic (exact) mass is 464 g/mol. The Morgan fingerprint density at radius 2 is 1.31 bits per heavy atom. The number of para-hydroxylation sites is 2. The molecule has 0 bridgehead atoms. The SMILES string of the molecule is C=C/C=C(\C)c1nc(-c2ccccc2)nc(-c2ccc3c(c2)c2ccccc2n3-c2ccccc2)n1. The van der Waals surface area contributed by atoms with Crippen LogP contribution in [0.1, 0.15) is 12.7 Å². The minimum atomic E-state index is 0.644. The van der Waals surface area contributed by atoms with Crippen molar-refractivity contribution in [3.05, 3.63) is 128 Å². The van der Waals surface area contributed by atoms with Crippen molar-refractivity contribution >= 4 is 27.4 Å². The van der Waals surface area contributed by atoms with E-state index in [0.29, 0.717) is 17.5 Å². The third-order valence-electron chi connectivity index (χ3n) is 6.33. The van der Waals surface area contributed by atoms with Gasteiger partial charge in [0.2, 0.25) is 0 Å². The third kappa shape index (κ3) is 3.79. The first-order valence-electron chi connectivity index (χ1n) is 11.9. The van der Waals surface area contributed by atoms with Crippen molar-refractivity contribution in [3.63, 3.8) is 0 Å². The minimum Gasteiger partial charge on any atom is -0.309 e. The van der Waals surface area contributed by atoms with Crippen LogP contribution in [-0.2, 0) is 0 Å². The Labute approximate surface area is 209 Å². The van der Waals surface area contributed by atoms with Gasteiger partial charge in [-0.05, 0) is 48.9 Å². The molecule has 0 aliphatic rings. The number of allylic oxidation sites excluding steroid dienone is 3. The van der Waals surface area contributed by atoms with Gasteiger partial charge in [0.15, 0.2) is 17.5 Å². The topological polar surface area (TPSA) is 43.6 Å². The highest BCUT2D eigenvalue weighted by molar-refractivity contribution is 6.10. The van der Waals surface area contributed by atoms with Crippen molar-refractivity contribution < 1.29 is 0 Å². The van der Waals surface area contributed by atoms with Gasteiger partial charge in [0, 0.05) is 27.6 Å². The fraction of sp³-hybridized carbons (Fsp3) is 0.0312.